The molecule has 0 spiro atoms. The number of nitrogens with zero attached hydrogens (tertiary/aromatic N) is 3. The summed E-state index contributed by atoms with van der Waals surface area (Å²) in [6.45, 7) is 5.76. The summed E-state index contributed by atoms with van der Waals surface area (Å²) in [5.41, 5.74) is 4.60. The predicted octanol–water partition coefficient (Wildman–Crippen LogP) is 5.15. The van der Waals surface area contributed by atoms with Gasteiger partial charge in [-0.3, -0.25) is 9.78 Å². The Balaban J connectivity index is 1.76. The van der Waals surface area contributed by atoms with E-state index in [4.69, 9.17) is 23.8 Å². The Hall–Kier alpha value is -2.90. The van der Waals surface area contributed by atoms with Gasteiger partial charge in [-0.25, -0.2) is 0 Å². The van der Waals surface area contributed by atoms with E-state index in [-0.39, 0.29) is 23.9 Å². The lowest BCUT2D eigenvalue weighted by Gasteiger charge is -2.29. The van der Waals surface area contributed by atoms with E-state index in [2.05, 4.69) is 51.2 Å². The number of aryl methyl sites for hydroxylation is 1. The van der Waals surface area contributed by atoms with Gasteiger partial charge in [0.05, 0.1) is 22.4 Å². The molecule has 0 saturated carbocycles. The van der Waals surface area contributed by atoms with E-state index >= 15 is 0 Å². The van der Waals surface area contributed by atoms with Crippen molar-refractivity contribution in [2.75, 3.05) is 10.2 Å². The van der Waals surface area contributed by atoms with Crippen LogP contribution in [0, 0.1) is 12.8 Å². The molecule has 1 aliphatic rings. The lowest BCUT2D eigenvalue weighted by Crippen LogP contribution is -2.30. The maximum absolute atomic E-state index is 12.1. The number of nitrogens with one attached hydrogen (secondary N) is 2. The van der Waals surface area contributed by atoms with Gasteiger partial charge in [0.15, 0.2) is 5.11 Å². The van der Waals surface area contributed by atoms with Gasteiger partial charge in [-0.05, 0) is 61.6 Å². The number of pyridine rings is 1. The number of amides is 1. The van der Waals surface area contributed by atoms with Crippen LogP contribution >= 0.6 is 23.8 Å². The van der Waals surface area contributed by atoms with Crippen LogP contribution in [-0.2, 0) is 11.8 Å². The summed E-state index contributed by atoms with van der Waals surface area (Å²) >= 11 is 12.3. The van der Waals surface area contributed by atoms with Crippen molar-refractivity contribution in [1.29, 1.82) is 0 Å². The van der Waals surface area contributed by atoms with Crippen LogP contribution in [0.2, 0.25) is 5.02 Å². The highest BCUT2D eigenvalue weighted by Crippen LogP contribution is 2.43. The minimum absolute atomic E-state index is 0.0783. The first kappa shape index (κ1) is 22.3. The summed E-state index contributed by atoms with van der Waals surface area (Å²) in [6.07, 6.45) is 1.79. The lowest BCUT2D eigenvalue weighted by molar-refractivity contribution is -0.118. The number of anilines is 2. The van der Waals surface area contributed by atoms with Crippen LogP contribution in [0.3, 0.4) is 0 Å². The first-order valence-electron chi connectivity index (χ1n) is 10.5. The van der Waals surface area contributed by atoms with Gasteiger partial charge in [-0.1, -0.05) is 31.5 Å². The van der Waals surface area contributed by atoms with Gasteiger partial charge in [0, 0.05) is 36.2 Å². The molecule has 0 bridgehead atoms. The number of thiocarbonyl (C=S) groups is 1. The molecule has 1 fully saturated rings. The highest BCUT2D eigenvalue weighted by Gasteiger charge is 2.42. The van der Waals surface area contributed by atoms with E-state index in [9.17, 15) is 4.79 Å². The van der Waals surface area contributed by atoms with Crippen LogP contribution in [0.25, 0.3) is 0 Å². The van der Waals surface area contributed by atoms with E-state index in [1.807, 2.05) is 50.2 Å². The third-order valence-electron chi connectivity index (χ3n) is 5.83. The maximum Gasteiger partial charge on any atom is 0.226 e. The van der Waals surface area contributed by atoms with Crippen molar-refractivity contribution in [3.8, 4) is 0 Å². The zero-order valence-corrected chi connectivity index (χ0v) is 20.0. The zero-order chi connectivity index (χ0) is 23.0. The van der Waals surface area contributed by atoms with Crippen molar-refractivity contribution in [1.82, 2.24) is 14.9 Å². The Bertz CT molecular complexity index is 1160. The van der Waals surface area contributed by atoms with Gasteiger partial charge in [-0.15, -0.1) is 0 Å². The van der Waals surface area contributed by atoms with Gasteiger partial charge in [-0.2, -0.15) is 0 Å². The molecule has 2 N–H and O–H groups in total. The molecular weight excluding hydrogens is 442 g/mol. The number of benzene rings is 1. The Morgan fingerprint density at radius 1 is 1.22 bits per heavy atom. The molecule has 6 nitrogen and oxygen atoms in total. The minimum atomic E-state index is -0.134. The van der Waals surface area contributed by atoms with Crippen LogP contribution in [0.4, 0.5) is 11.4 Å². The standard InChI is InChI=1S/C24H26ClN5OS/c1-14(2)23(31)27-18-10-9-16(13-17(18)25)30-22(20-11-8-15(3)29(20)4)21(28-24(30)32)19-7-5-6-12-26-19/h5-14,21-22H,1-4H3,(H,27,31)(H,28,32)/t21-,22+/m1/s1. The molecule has 3 heterocycles. The quantitative estimate of drug-likeness (QED) is 0.508. The van der Waals surface area contributed by atoms with Crippen molar-refractivity contribution < 1.29 is 4.79 Å². The monoisotopic (exact) mass is 467 g/mol. The molecule has 1 aliphatic heterocycles. The molecule has 2 aromatic heterocycles. The molecule has 8 heteroatoms. The number of hydrogen-bond acceptors (Lipinski definition) is 3. The van der Waals surface area contributed by atoms with Gasteiger partial charge in [0.2, 0.25) is 5.91 Å². The molecular formula is C24H26ClN5OS. The minimum Gasteiger partial charge on any atom is -0.351 e. The smallest absolute Gasteiger partial charge is 0.226 e. The topological polar surface area (TPSA) is 62.2 Å². The molecule has 4 rings (SSSR count). The van der Waals surface area contributed by atoms with Crippen molar-refractivity contribution in [3.05, 3.63) is 76.8 Å². The lowest BCUT2D eigenvalue weighted by atomic mass is 10.0. The first-order chi connectivity index (χ1) is 15.3. The first-order valence-corrected chi connectivity index (χ1v) is 11.3. The van der Waals surface area contributed by atoms with Crippen molar-refractivity contribution in [3.63, 3.8) is 0 Å². The van der Waals surface area contributed by atoms with Gasteiger partial charge < -0.3 is 20.1 Å². The fourth-order valence-corrected chi connectivity index (χ4v) is 4.46. The largest absolute Gasteiger partial charge is 0.351 e. The third kappa shape index (κ3) is 4.10. The highest BCUT2D eigenvalue weighted by molar-refractivity contribution is 7.80. The number of hydrogen-bond donors (Lipinski definition) is 2. The molecule has 0 aliphatic carbocycles. The normalized spacial score (nSPS) is 18.2. The molecule has 166 valence electrons. The molecule has 1 saturated heterocycles. The maximum atomic E-state index is 12.1. The number of carbonyl (C=O) groups is 1. The summed E-state index contributed by atoms with van der Waals surface area (Å²) in [4.78, 5) is 18.8. The Kier molecular flexibility index (Phi) is 6.22. The van der Waals surface area contributed by atoms with Gasteiger partial charge >= 0.3 is 0 Å². The van der Waals surface area contributed by atoms with Gasteiger partial charge in [0.25, 0.3) is 0 Å². The van der Waals surface area contributed by atoms with E-state index in [0.29, 0.717) is 15.8 Å². The molecule has 3 aromatic rings. The summed E-state index contributed by atoms with van der Waals surface area (Å²) in [6, 6.07) is 15.4. The van der Waals surface area contributed by atoms with E-state index in [1.54, 1.807) is 6.20 Å². The summed E-state index contributed by atoms with van der Waals surface area (Å²) in [5, 5.41) is 7.39. The summed E-state index contributed by atoms with van der Waals surface area (Å²) < 4.78 is 2.17. The second kappa shape index (κ2) is 8.92. The number of carbonyl (C=O) groups excluding carboxylic acids is 1. The van der Waals surface area contributed by atoms with E-state index in [1.165, 1.54) is 0 Å². The van der Waals surface area contributed by atoms with Crippen molar-refractivity contribution >= 4 is 46.2 Å². The second-order valence-corrected chi connectivity index (χ2v) is 9.06. The van der Waals surface area contributed by atoms with E-state index < -0.39 is 0 Å². The van der Waals surface area contributed by atoms with Crippen LogP contribution in [-0.4, -0.2) is 20.6 Å². The molecule has 0 unspecified atom stereocenters. The van der Waals surface area contributed by atoms with Crippen LogP contribution in [0.15, 0.2) is 54.7 Å². The summed E-state index contributed by atoms with van der Waals surface area (Å²) in [7, 11) is 2.05. The number of rotatable bonds is 5. The third-order valence-corrected chi connectivity index (χ3v) is 6.45. The SMILES string of the molecule is Cc1ccc([C@H]2[C@@H](c3ccccn3)NC(=S)N2c2ccc(NC(=O)C(C)C)c(Cl)c2)n1C. The number of halogens is 1. The molecule has 32 heavy (non-hydrogen) atoms. The van der Waals surface area contributed by atoms with Crippen molar-refractivity contribution in [2.24, 2.45) is 13.0 Å². The number of aromatic nitrogens is 2. The zero-order valence-electron chi connectivity index (χ0n) is 18.5. The summed E-state index contributed by atoms with van der Waals surface area (Å²) in [5.74, 6) is -0.212. The fraction of sp³-hybridized carbons (Fsp3) is 0.292. The van der Waals surface area contributed by atoms with Crippen LogP contribution in [0.1, 0.15) is 43.0 Å². The van der Waals surface area contributed by atoms with Gasteiger partial charge in [0.1, 0.15) is 6.04 Å². The van der Waals surface area contributed by atoms with Crippen LogP contribution in [0.5, 0.6) is 0 Å². The second-order valence-electron chi connectivity index (χ2n) is 8.26. The van der Waals surface area contributed by atoms with Crippen molar-refractivity contribution in [2.45, 2.75) is 32.9 Å². The Labute approximate surface area is 198 Å². The fourth-order valence-electron chi connectivity index (χ4n) is 3.90. The molecule has 2 atom stereocenters. The Morgan fingerprint density at radius 3 is 2.59 bits per heavy atom. The Morgan fingerprint density at radius 2 is 2.00 bits per heavy atom. The van der Waals surface area contributed by atoms with E-state index in [0.717, 1.165) is 22.8 Å². The highest BCUT2D eigenvalue weighted by atomic mass is 35.5. The molecule has 0 radical (unpaired) electrons. The predicted molar refractivity (Wildman–Crippen MR) is 133 cm³/mol. The average molecular weight is 468 g/mol. The van der Waals surface area contributed by atoms with Crippen LogP contribution < -0.4 is 15.5 Å². The molecule has 1 aromatic carbocycles. The average Bonchev–Trinajstić information content (AvgIpc) is 3.28. The molecule has 1 amide bonds.